The molecule has 0 saturated carbocycles. The molecule has 0 saturated heterocycles. The fourth-order valence-electron chi connectivity index (χ4n) is 2.47. The van der Waals surface area contributed by atoms with E-state index < -0.39 is 0 Å². The van der Waals surface area contributed by atoms with Crippen molar-refractivity contribution in [3.63, 3.8) is 0 Å². The molecule has 0 radical (unpaired) electrons. The van der Waals surface area contributed by atoms with Gasteiger partial charge in [0.2, 0.25) is 0 Å². The highest BCUT2D eigenvalue weighted by Gasteiger charge is 2.14. The maximum absolute atomic E-state index is 10.4. The Balaban J connectivity index is 2.70. The van der Waals surface area contributed by atoms with Crippen LogP contribution in [0.4, 0.5) is 0 Å². The molecule has 102 valence electrons. The number of aryl methyl sites for hydroxylation is 2. The third kappa shape index (κ3) is 4.43. The van der Waals surface area contributed by atoms with Gasteiger partial charge in [0, 0.05) is 6.54 Å². The van der Waals surface area contributed by atoms with Crippen LogP contribution in [0.5, 0.6) is 0 Å². The molecule has 0 aromatic heterocycles. The molecule has 0 aliphatic carbocycles. The highest BCUT2D eigenvalue weighted by Crippen LogP contribution is 2.20. The van der Waals surface area contributed by atoms with Crippen LogP contribution >= 0.6 is 0 Å². The number of benzene rings is 1. The lowest BCUT2D eigenvalue weighted by molar-refractivity contribution is 0.112. The predicted molar refractivity (Wildman–Crippen MR) is 77.9 cm³/mol. The van der Waals surface area contributed by atoms with Gasteiger partial charge in [-0.25, -0.2) is 0 Å². The van der Waals surface area contributed by atoms with Crippen molar-refractivity contribution in [3.8, 4) is 0 Å². The van der Waals surface area contributed by atoms with Crippen molar-refractivity contribution < 1.29 is 5.11 Å². The molecule has 1 unspecified atom stereocenters. The maximum Gasteiger partial charge on any atom is 0.0919 e. The molecule has 1 rings (SSSR count). The predicted octanol–water partition coefficient (Wildman–Crippen LogP) is 3.46. The highest BCUT2D eigenvalue weighted by atomic mass is 16.3. The van der Waals surface area contributed by atoms with Crippen LogP contribution in [-0.4, -0.2) is 29.6 Å². The van der Waals surface area contributed by atoms with Gasteiger partial charge in [-0.1, -0.05) is 37.6 Å². The Morgan fingerprint density at radius 3 is 2.22 bits per heavy atom. The minimum absolute atomic E-state index is 0.372. The highest BCUT2D eigenvalue weighted by molar-refractivity contribution is 5.32. The second-order valence-electron chi connectivity index (χ2n) is 5.18. The zero-order chi connectivity index (χ0) is 13.5. The van der Waals surface area contributed by atoms with Gasteiger partial charge in [-0.15, -0.1) is 0 Å². The minimum Gasteiger partial charge on any atom is -0.387 e. The number of nitrogens with zero attached hydrogens (tertiary/aromatic N) is 1. The van der Waals surface area contributed by atoms with Gasteiger partial charge in [0.25, 0.3) is 0 Å². The lowest BCUT2D eigenvalue weighted by atomic mass is 10.0. The van der Waals surface area contributed by atoms with Crippen LogP contribution in [0.15, 0.2) is 18.2 Å². The number of hydrogen-bond acceptors (Lipinski definition) is 2. The normalized spacial score (nSPS) is 13.0. The summed E-state index contributed by atoms with van der Waals surface area (Å²) in [5.74, 6) is 0. The summed E-state index contributed by atoms with van der Waals surface area (Å²) in [6.45, 7) is 11.4. The lowest BCUT2D eigenvalue weighted by Crippen LogP contribution is -2.30. The van der Waals surface area contributed by atoms with Crippen LogP contribution in [0.25, 0.3) is 0 Å². The maximum atomic E-state index is 10.4. The Hall–Kier alpha value is -0.860. The quantitative estimate of drug-likeness (QED) is 0.800. The second kappa shape index (κ2) is 7.55. The molecule has 2 heteroatoms. The van der Waals surface area contributed by atoms with E-state index in [2.05, 4.69) is 50.8 Å². The molecule has 0 fully saturated rings. The fraction of sp³-hybridized carbons (Fsp3) is 0.625. The summed E-state index contributed by atoms with van der Waals surface area (Å²) < 4.78 is 0. The van der Waals surface area contributed by atoms with Gasteiger partial charge in [-0.05, 0) is 50.9 Å². The molecule has 1 aromatic rings. The molecule has 18 heavy (non-hydrogen) atoms. The average Bonchev–Trinajstić information content (AvgIpc) is 2.29. The van der Waals surface area contributed by atoms with Gasteiger partial charge in [-0.2, -0.15) is 0 Å². The van der Waals surface area contributed by atoms with Crippen molar-refractivity contribution in [3.05, 3.63) is 34.9 Å². The van der Waals surface area contributed by atoms with Gasteiger partial charge in [0.15, 0.2) is 0 Å². The van der Waals surface area contributed by atoms with Crippen LogP contribution in [0, 0.1) is 13.8 Å². The van der Waals surface area contributed by atoms with Gasteiger partial charge >= 0.3 is 0 Å². The summed E-state index contributed by atoms with van der Waals surface area (Å²) in [7, 11) is 0. The summed E-state index contributed by atoms with van der Waals surface area (Å²) in [6.07, 6.45) is 1.91. The van der Waals surface area contributed by atoms with Crippen LogP contribution in [0.1, 0.15) is 49.5 Å². The van der Waals surface area contributed by atoms with E-state index >= 15 is 0 Å². The van der Waals surface area contributed by atoms with E-state index in [0.29, 0.717) is 0 Å². The zero-order valence-corrected chi connectivity index (χ0v) is 12.2. The minimum atomic E-state index is -0.372. The van der Waals surface area contributed by atoms with Gasteiger partial charge in [0.1, 0.15) is 0 Å². The number of rotatable bonds is 7. The summed E-state index contributed by atoms with van der Waals surface area (Å²) in [4.78, 5) is 2.35. The Labute approximate surface area is 112 Å². The van der Waals surface area contributed by atoms with E-state index in [1.54, 1.807) is 0 Å². The molecule has 0 spiro atoms. The van der Waals surface area contributed by atoms with Crippen molar-refractivity contribution >= 4 is 0 Å². The third-order valence-corrected chi connectivity index (χ3v) is 3.30. The fourth-order valence-corrected chi connectivity index (χ4v) is 2.47. The Morgan fingerprint density at radius 1 is 1.11 bits per heavy atom. The first-order valence-corrected chi connectivity index (χ1v) is 7.06. The zero-order valence-electron chi connectivity index (χ0n) is 12.2. The average molecular weight is 249 g/mol. The SMILES string of the molecule is CCCN(CCC)CC(O)c1ccc(C)cc1C. The molecule has 0 aliphatic rings. The Bertz CT molecular complexity index is 356. The molecular formula is C16H27NO. The summed E-state index contributed by atoms with van der Waals surface area (Å²) in [5.41, 5.74) is 3.51. The van der Waals surface area contributed by atoms with Gasteiger partial charge in [-0.3, -0.25) is 0 Å². The van der Waals surface area contributed by atoms with Crippen LogP contribution in [0.3, 0.4) is 0 Å². The van der Waals surface area contributed by atoms with Crippen molar-refractivity contribution in [2.45, 2.75) is 46.6 Å². The van der Waals surface area contributed by atoms with E-state index in [-0.39, 0.29) is 6.10 Å². The van der Waals surface area contributed by atoms with Crippen LogP contribution < -0.4 is 0 Å². The van der Waals surface area contributed by atoms with Crippen molar-refractivity contribution in [2.75, 3.05) is 19.6 Å². The monoisotopic (exact) mass is 249 g/mol. The van der Waals surface area contributed by atoms with E-state index in [4.69, 9.17) is 0 Å². The summed E-state index contributed by atoms with van der Waals surface area (Å²) >= 11 is 0. The van der Waals surface area contributed by atoms with Crippen LogP contribution in [0.2, 0.25) is 0 Å². The molecular weight excluding hydrogens is 222 g/mol. The van der Waals surface area contributed by atoms with Crippen molar-refractivity contribution in [2.24, 2.45) is 0 Å². The van der Waals surface area contributed by atoms with E-state index in [0.717, 1.165) is 38.0 Å². The van der Waals surface area contributed by atoms with E-state index in [1.165, 1.54) is 11.1 Å². The smallest absolute Gasteiger partial charge is 0.0919 e. The lowest BCUT2D eigenvalue weighted by Gasteiger charge is -2.25. The summed E-state index contributed by atoms with van der Waals surface area (Å²) in [6, 6.07) is 6.28. The van der Waals surface area contributed by atoms with E-state index in [1.807, 2.05) is 0 Å². The van der Waals surface area contributed by atoms with E-state index in [9.17, 15) is 5.11 Å². The second-order valence-corrected chi connectivity index (χ2v) is 5.18. The standard InChI is InChI=1S/C16H27NO/c1-5-9-17(10-6-2)12-16(18)15-8-7-13(3)11-14(15)4/h7-8,11,16,18H,5-6,9-10,12H2,1-4H3. The number of aliphatic hydroxyl groups is 1. The summed E-state index contributed by atoms with van der Waals surface area (Å²) in [5, 5.41) is 10.4. The Morgan fingerprint density at radius 2 is 1.72 bits per heavy atom. The van der Waals surface area contributed by atoms with Gasteiger partial charge < -0.3 is 10.0 Å². The van der Waals surface area contributed by atoms with Crippen molar-refractivity contribution in [1.29, 1.82) is 0 Å². The molecule has 0 aliphatic heterocycles. The Kier molecular flexibility index (Phi) is 6.37. The topological polar surface area (TPSA) is 23.5 Å². The third-order valence-electron chi connectivity index (χ3n) is 3.30. The number of hydrogen-bond donors (Lipinski definition) is 1. The van der Waals surface area contributed by atoms with Gasteiger partial charge in [0.05, 0.1) is 6.10 Å². The number of aliphatic hydroxyl groups excluding tert-OH is 1. The molecule has 0 bridgehead atoms. The molecule has 2 nitrogen and oxygen atoms in total. The molecule has 1 N–H and O–H groups in total. The first-order chi connectivity index (χ1) is 8.58. The molecule has 1 aromatic carbocycles. The first-order valence-electron chi connectivity index (χ1n) is 7.06. The molecule has 0 amide bonds. The van der Waals surface area contributed by atoms with Crippen molar-refractivity contribution in [1.82, 2.24) is 4.90 Å². The molecule has 1 atom stereocenters. The largest absolute Gasteiger partial charge is 0.387 e. The van der Waals surface area contributed by atoms with Crippen LogP contribution in [-0.2, 0) is 0 Å². The molecule has 0 heterocycles. The first kappa shape index (κ1) is 15.2.